The summed E-state index contributed by atoms with van der Waals surface area (Å²) in [5.74, 6) is 0.160. The van der Waals surface area contributed by atoms with E-state index in [1.54, 1.807) is 4.90 Å². The lowest BCUT2D eigenvalue weighted by atomic mass is 10.1. The fraction of sp³-hybridized carbons (Fsp3) is 0.417. The van der Waals surface area contributed by atoms with Crippen LogP contribution < -0.4 is 0 Å². The number of carbonyl (C=O) groups excluding carboxylic acids is 1. The zero-order valence-electron chi connectivity index (χ0n) is 9.11. The number of hydrogen-bond donors (Lipinski definition) is 0. The van der Waals surface area contributed by atoms with E-state index >= 15 is 0 Å². The van der Waals surface area contributed by atoms with Gasteiger partial charge in [0.05, 0.1) is 6.42 Å². The summed E-state index contributed by atoms with van der Waals surface area (Å²) in [4.78, 5) is 13.6. The maximum absolute atomic E-state index is 11.8. The van der Waals surface area contributed by atoms with Crippen molar-refractivity contribution in [1.29, 1.82) is 0 Å². The Hall–Kier alpha value is -0.830. The van der Waals surface area contributed by atoms with Crippen LogP contribution in [0.5, 0.6) is 0 Å². The van der Waals surface area contributed by atoms with Crippen molar-refractivity contribution >= 4 is 21.8 Å². The van der Waals surface area contributed by atoms with Gasteiger partial charge in [-0.2, -0.15) is 0 Å². The van der Waals surface area contributed by atoms with E-state index in [-0.39, 0.29) is 11.9 Å². The average molecular weight is 270 g/mol. The third kappa shape index (κ3) is 3.67. The van der Waals surface area contributed by atoms with Crippen LogP contribution in [0.15, 0.2) is 30.3 Å². The van der Waals surface area contributed by atoms with Crippen LogP contribution in [-0.4, -0.2) is 29.2 Å². The molecule has 0 N–H and O–H groups in total. The number of halogens is 1. The minimum Gasteiger partial charge on any atom is -0.342 e. The number of hydrogen-bond acceptors (Lipinski definition) is 1. The lowest BCUT2D eigenvalue weighted by Crippen LogP contribution is -2.37. The van der Waals surface area contributed by atoms with Crippen LogP contribution in [0.25, 0.3) is 0 Å². The number of carbonyl (C=O) groups is 1. The minimum atomic E-state index is 0.160. The van der Waals surface area contributed by atoms with E-state index in [1.807, 2.05) is 44.3 Å². The molecule has 0 bridgehead atoms. The molecule has 0 aliphatic carbocycles. The summed E-state index contributed by atoms with van der Waals surface area (Å²) in [6.07, 6.45) is 0.481. The number of amides is 1. The fourth-order valence-corrected chi connectivity index (χ4v) is 1.68. The molecule has 0 heterocycles. The standard InChI is InChI=1S/C12H16BrNO/c1-10(9-13)14(2)12(15)8-11-6-4-3-5-7-11/h3-7,10H,8-9H2,1-2H3. The van der Waals surface area contributed by atoms with Gasteiger partial charge < -0.3 is 4.90 Å². The van der Waals surface area contributed by atoms with Gasteiger partial charge in [-0.1, -0.05) is 46.3 Å². The number of likely N-dealkylation sites (N-methyl/N-ethyl adjacent to an activating group) is 1. The van der Waals surface area contributed by atoms with Gasteiger partial charge in [0.15, 0.2) is 0 Å². The molecule has 82 valence electrons. The van der Waals surface area contributed by atoms with Crippen LogP contribution >= 0.6 is 15.9 Å². The van der Waals surface area contributed by atoms with Crippen molar-refractivity contribution in [3.05, 3.63) is 35.9 Å². The van der Waals surface area contributed by atoms with E-state index in [0.29, 0.717) is 6.42 Å². The van der Waals surface area contributed by atoms with Crippen molar-refractivity contribution in [3.63, 3.8) is 0 Å². The van der Waals surface area contributed by atoms with Crippen molar-refractivity contribution in [2.75, 3.05) is 12.4 Å². The summed E-state index contributed by atoms with van der Waals surface area (Å²) >= 11 is 3.38. The van der Waals surface area contributed by atoms with Gasteiger partial charge in [-0.15, -0.1) is 0 Å². The van der Waals surface area contributed by atoms with E-state index in [4.69, 9.17) is 0 Å². The zero-order valence-corrected chi connectivity index (χ0v) is 10.7. The topological polar surface area (TPSA) is 20.3 Å². The minimum absolute atomic E-state index is 0.160. The number of benzene rings is 1. The lowest BCUT2D eigenvalue weighted by Gasteiger charge is -2.23. The van der Waals surface area contributed by atoms with Gasteiger partial charge in [-0.05, 0) is 12.5 Å². The second-order valence-corrected chi connectivity index (χ2v) is 4.32. The molecule has 1 aromatic rings. The van der Waals surface area contributed by atoms with Gasteiger partial charge >= 0.3 is 0 Å². The van der Waals surface area contributed by atoms with Crippen molar-refractivity contribution in [1.82, 2.24) is 4.90 Å². The Morgan fingerprint density at radius 2 is 2.00 bits per heavy atom. The second kappa shape index (κ2) is 5.91. The molecule has 1 atom stereocenters. The third-order valence-corrected chi connectivity index (χ3v) is 3.41. The average Bonchev–Trinajstić information content (AvgIpc) is 2.28. The Kier molecular flexibility index (Phi) is 4.82. The molecule has 1 unspecified atom stereocenters. The maximum Gasteiger partial charge on any atom is 0.226 e. The molecule has 3 heteroatoms. The molecule has 0 spiro atoms. The van der Waals surface area contributed by atoms with Crippen LogP contribution in [0.3, 0.4) is 0 Å². The van der Waals surface area contributed by atoms with Gasteiger partial charge in [0.25, 0.3) is 0 Å². The van der Waals surface area contributed by atoms with Crippen LogP contribution in [0.2, 0.25) is 0 Å². The molecular weight excluding hydrogens is 254 g/mol. The summed E-state index contributed by atoms with van der Waals surface area (Å²) in [5, 5.41) is 0.810. The summed E-state index contributed by atoms with van der Waals surface area (Å²) < 4.78 is 0. The molecular formula is C12H16BrNO. The first kappa shape index (κ1) is 12.2. The predicted molar refractivity (Wildman–Crippen MR) is 66.2 cm³/mol. The van der Waals surface area contributed by atoms with E-state index in [2.05, 4.69) is 15.9 Å². The molecule has 1 amide bonds. The Balaban J connectivity index is 2.56. The molecule has 1 rings (SSSR count). The predicted octanol–water partition coefficient (Wildman–Crippen LogP) is 2.47. The monoisotopic (exact) mass is 269 g/mol. The molecule has 0 aliphatic rings. The van der Waals surface area contributed by atoms with Crippen LogP contribution in [0, 0.1) is 0 Å². The quantitative estimate of drug-likeness (QED) is 0.770. The maximum atomic E-state index is 11.8. The Labute approximate surface area is 99.4 Å². The summed E-state index contributed by atoms with van der Waals surface area (Å²) in [5.41, 5.74) is 1.07. The van der Waals surface area contributed by atoms with Gasteiger partial charge in [-0.3, -0.25) is 4.79 Å². The molecule has 0 radical (unpaired) electrons. The number of alkyl halides is 1. The third-order valence-electron chi connectivity index (χ3n) is 2.48. The highest BCUT2D eigenvalue weighted by molar-refractivity contribution is 9.09. The zero-order chi connectivity index (χ0) is 11.3. The first-order valence-electron chi connectivity index (χ1n) is 5.00. The van der Waals surface area contributed by atoms with Crippen molar-refractivity contribution in [2.24, 2.45) is 0 Å². The molecule has 15 heavy (non-hydrogen) atoms. The molecule has 0 aromatic heterocycles. The Bertz CT molecular complexity index is 313. The highest BCUT2D eigenvalue weighted by Crippen LogP contribution is 2.05. The van der Waals surface area contributed by atoms with Crippen LogP contribution in [0.1, 0.15) is 12.5 Å². The summed E-state index contributed by atoms with van der Waals surface area (Å²) in [6.45, 7) is 2.03. The normalized spacial score (nSPS) is 12.2. The van der Waals surface area contributed by atoms with Crippen molar-refractivity contribution < 1.29 is 4.79 Å². The molecule has 0 saturated carbocycles. The second-order valence-electron chi connectivity index (χ2n) is 3.67. The van der Waals surface area contributed by atoms with E-state index in [9.17, 15) is 4.79 Å². The van der Waals surface area contributed by atoms with Crippen LogP contribution in [0.4, 0.5) is 0 Å². The Morgan fingerprint density at radius 3 is 2.53 bits per heavy atom. The smallest absolute Gasteiger partial charge is 0.226 e. The molecule has 2 nitrogen and oxygen atoms in total. The first-order chi connectivity index (χ1) is 7.15. The molecule has 0 fully saturated rings. The Morgan fingerprint density at radius 1 is 1.40 bits per heavy atom. The molecule has 1 aromatic carbocycles. The van der Waals surface area contributed by atoms with Gasteiger partial charge in [-0.25, -0.2) is 0 Å². The van der Waals surface area contributed by atoms with Gasteiger partial charge in [0.2, 0.25) is 5.91 Å². The van der Waals surface area contributed by atoms with Crippen LogP contribution in [-0.2, 0) is 11.2 Å². The number of rotatable bonds is 4. The van der Waals surface area contributed by atoms with Crippen molar-refractivity contribution in [2.45, 2.75) is 19.4 Å². The molecule has 0 saturated heterocycles. The summed E-state index contributed by atoms with van der Waals surface area (Å²) in [6, 6.07) is 10.1. The SMILES string of the molecule is CC(CBr)N(C)C(=O)Cc1ccccc1. The van der Waals surface area contributed by atoms with E-state index < -0.39 is 0 Å². The van der Waals surface area contributed by atoms with Gasteiger partial charge in [0, 0.05) is 18.4 Å². The largest absolute Gasteiger partial charge is 0.342 e. The number of nitrogens with zero attached hydrogens (tertiary/aromatic N) is 1. The highest BCUT2D eigenvalue weighted by Gasteiger charge is 2.14. The lowest BCUT2D eigenvalue weighted by molar-refractivity contribution is -0.130. The first-order valence-corrected chi connectivity index (χ1v) is 6.13. The summed E-state index contributed by atoms with van der Waals surface area (Å²) in [7, 11) is 1.84. The fourth-order valence-electron chi connectivity index (χ4n) is 1.24. The van der Waals surface area contributed by atoms with Crippen molar-refractivity contribution in [3.8, 4) is 0 Å². The van der Waals surface area contributed by atoms with E-state index in [1.165, 1.54) is 0 Å². The van der Waals surface area contributed by atoms with E-state index in [0.717, 1.165) is 10.9 Å². The van der Waals surface area contributed by atoms with Gasteiger partial charge in [0.1, 0.15) is 0 Å². The molecule has 0 aliphatic heterocycles. The highest BCUT2D eigenvalue weighted by atomic mass is 79.9.